The molecule has 0 spiro atoms. The number of hydrogen-bond donors (Lipinski definition) is 1. The molecular formula is C11H13F3N2O. The number of nitrogens with two attached hydrogens (primary N) is 1. The van der Waals surface area contributed by atoms with Crippen LogP contribution < -0.4 is 10.5 Å². The molecule has 1 aromatic heterocycles. The van der Waals surface area contributed by atoms with Crippen LogP contribution in [0, 0.1) is 5.92 Å². The van der Waals surface area contributed by atoms with Gasteiger partial charge in [0.1, 0.15) is 11.7 Å². The Kier molecular flexibility index (Phi) is 3.24. The maximum Gasteiger partial charge on any atom is 0.421 e. The van der Waals surface area contributed by atoms with Crippen LogP contribution in [0.4, 0.5) is 13.2 Å². The molecule has 1 aliphatic rings. The van der Waals surface area contributed by atoms with E-state index in [2.05, 4.69) is 4.98 Å². The third kappa shape index (κ3) is 2.69. The van der Waals surface area contributed by atoms with E-state index < -0.39 is 11.7 Å². The number of pyridine rings is 1. The van der Waals surface area contributed by atoms with E-state index >= 15 is 0 Å². The number of alkyl halides is 3. The zero-order chi connectivity index (χ0) is 12.5. The smallest absolute Gasteiger partial charge is 0.421 e. The van der Waals surface area contributed by atoms with Crippen LogP contribution in [0.3, 0.4) is 0 Å². The van der Waals surface area contributed by atoms with E-state index in [9.17, 15) is 13.2 Å². The molecular weight excluding hydrogens is 233 g/mol. The van der Waals surface area contributed by atoms with Gasteiger partial charge in [-0.05, 0) is 37.4 Å². The molecule has 6 heteroatoms. The van der Waals surface area contributed by atoms with Crippen molar-refractivity contribution in [3.8, 4) is 5.88 Å². The molecule has 0 aliphatic heterocycles. The second-order valence-corrected chi connectivity index (χ2v) is 4.17. The van der Waals surface area contributed by atoms with Gasteiger partial charge >= 0.3 is 6.18 Å². The Balaban J connectivity index is 2.06. The molecule has 3 nitrogen and oxygen atoms in total. The largest absolute Gasteiger partial charge is 0.474 e. The van der Waals surface area contributed by atoms with Crippen LogP contribution in [0.25, 0.3) is 0 Å². The van der Waals surface area contributed by atoms with Gasteiger partial charge in [0.25, 0.3) is 0 Å². The lowest BCUT2D eigenvalue weighted by Crippen LogP contribution is -2.38. The number of ether oxygens (including phenoxy) is 1. The summed E-state index contributed by atoms with van der Waals surface area (Å²) >= 11 is 0. The van der Waals surface area contributed by atoms with E-state index in [-0.39, 0.29) is 12.0 Å². The van der Waals surface area contributed by atoms with Crippen LogP contribution in [0.5, 0.6) is 5.88 Å². The number of halogens is 3. The predicted molar refractivity (Wildman–Crippen MR) is 55.4 cm³/mol. The highest BCUT2D eigenvalue weighted by atomic mass is 19.4. The molecule has 1 fully saturated rings. The molecule has 2 N–H and O–H groups in total. The Morgan fingerprint density at radius 1 is 1.41 bits per heavy atom. The Morgan fingerprint density at radius 2 is 2.12 bits per heavy atom. The maximum absolute atomic E-state index is 12.6. The SMILES string of the molecule is NCC1CC(Oc2ncccc2C(F)(F)F)C1. The summed E-state index contributed by atoms with van der Waals surface area (Å²) in [6, 6.07) is 2.22. The van der Waals surface area contributed by atoms with Gasteiger partial charge in [0, 0.05) is 6.20 Å². The molecule has 0 radical (unpaired) electrons. The van der Waals surface area contributed by atoms with Crippen molar-refractivity contribution >= 4 is 0 Å². The average molecular weight is 246 g/mol. The van der Waals surface area contributed by atoms with Crippen LogP contribution in [-0.2, 0) is 6.18 Å². The van der Waals surface area contributed by atoms with E-state index in [0.29, 0.717) is 25.3 Å². The van der Waals surface area contributed by atoms with Gasteiger partial charge in [0.15, 0.2) is 0 Å². The Bertz CT molecular complexity index is 389. The molecule has 2 rings (SSSR count). The third-order valence-corrected chi connectivity index (χ3v) is 2.88. The topological polar surface area (TPSA) is 48.1 Å². The first-order chi connectivity index (χ1) is 8.00. The highest BCUT2D eigenvalue weighted by Gasteiger charge is 2.37. The van der Waals surface area contributed by atoms with Crippen molar-refractivity contribution < 1.29 is 17.9 Å². The molecule has 0 saturated heterocycles. The van der Waals surface area contributed by atoms with Gasteiger partial charge in [0.05, 0.1) is 0 Å². The van der Waals surface area contributed by atoms with E-state index in [1.54, 1.807) is 0 Å². The third-order valence-electron chi connectivity index (χ3n) is 2.88. The Labute approximate surface area is 96.8 Å². The lowest BCUT2D eigenvalue weighted by molar-refractivity contribution is -0.140. The van der Waals surface area contributed by atoms with Crippen molar-refractivity contribution in [3.63, 3.8) is 0 Å². The fourth-order valence-electron chi connectivity index (χ4n) is 1.82. The molecule has 0 unspecified atom stereocenters. The van der Waals surface area contributed by atoms with Crippen LogP contribution in [0.1, 0.15) is 18.4 Å². The van der Waals surface area contributed by atoms with Gasteiger partial charge < -0.3 is 10.5 Å². The van der Waals surface area contributed by atoms with Gasteiger partial charge in [0.2, 0.25) is 5.88 Å². The molecule has 0 aromatic carbocycles. The molecule has 17 heavy (non-hydrogen) atoms. The highest BCUT2D eigenvalue weighted by molar-refractivity contribution is 5.28. The standard InChI is InChI=1S/C11H13F3N2O/c12-11(13,14)9-2-1-3-16-10(9)17-8-4-7(5-8)6-15/h1-3,7-8H,4-6,15H2. The van der Waals surface area contributed by atoms with Crippen LogP contribution in [-0.4, -0.2) is 17.6 Å². The monoisotopic (exact) mass is 246 g/mol. The minimum atomic E-state index is -4.43. The second kappa shape index (κ2) is 4.52. The van der Waals surface area contributed by atoms with Crippen molar-refractivity contribution in [1.82, 2.24) is 4.98 Å². The zero-order valence-electron chi connectivity index (χ0n) is 9.07. The van der Waals surface area contributed by atoms with Crippen molar-refractivity contribution in [1.29, 1.82) is 0 Å². The summed E-state index contributed by atoms with van der Waals surface area (Å²) in [4.78, 5) is 3.64. The van der Waals surface area contributed by atoms with Gasteiger partial charge in [-0.2, -0.15) is 13.2 Å². The molecule has 0 atom stereocenters. The molecule has 1 aromatic rings. The van der Waals surface area contributed by atoms with E-state index in [1.807, 2.05) is 0 Å². The highest BCUT2D eigenvalue weighted by Crippen LogP contribution is 2.37. The molecule has 1 aliphatic carbocycles. The zero-order valence-corrected chi connectivity index (χ0v) is 9.07. The molecule has 0 bridgehead atoms. The minimum absolute atomic E-state index is 0.195. The summed E-state index contributed by atoms with van der Waals surface area (Å²) in [5.74, 6) is 0.0264. The summed E-state index contributed by atoms with van der Waals surface area (Å²) < 4.78 is 43.1. The van der Waals surface area contributed by atoms with Gasteiger partial charge in [-0.1, -0.05) is 0 Å². The second-order valence-electron chi connectivity index (χ2n) is 4.17. The lowest BCUT2D eigenvalue weighted by Gasteiger charge is -2.34. The summed E-state index contributed by atoms with van der Waals surface area (Å²) in [6.07, 6.45) is -1.93. The van der Waals surface area contributed by atoms with Gasteiger partial charge in [-0.15, -0.1) is 0 Å². The summed E-state index contributed by atoms with van der Waals surface area (Å²) in [5, 5.41) is 0. The van der Waals surface area contributed by atoms with E-state index in [1.165, 1.54) is 12.3 Å². The first-order valence-electron chi connectivity index (χ1n) is 5.39. The lowest BCUT2D eigenvalue weighted by atomic mass is 9.82. The average Bonchev–Trinajstić information content (AvgIpc) is 2.22. The maximum atomic E-state index is 12.6. The molecule has 1 saturated carbocycles. The van der Waals surface area contributed by atoms with Crippen LogP contribution in [0.15, 0.2) is 18.3 Å². The van der Waals surface area contributed by atoms with E-state index in [4.69, 9.17) is 10.5 Å². The van der Waals surface area contributed by atoms with Crippen molar-refractivity contribution in [2.24, 2.45) is 11.7 Å². The first kappa shape index (κ1) is 12.2. The van der Waals surface area contributed by atoms with Gasteiger partial charge in [-0.25, -0.2) is 4.98 Å². The first-order valence-corrected chi connectivity index (χ1v) is 5.39. The molecule has 94 valence electrons. The van der Waals surface area contributed by atoms with Crippen molar-refractivity contribution in [2.75, 3.05) is 6.54 Å². The fourth-order valence-corrected chi connectivity index (χ4v) is 1.82. The van der Waals surface area contributed by atoms with Crippen molar-refractivity contribution in [3.05, 3.63) is 23.9 Å². The number of rotatable bonds is 3. The van der Waals surface area contributed by atoms with E-state index in [0.717, 1.165) is 6.07 Å². The summed E-state index contributed by atoms with van der Waals surface area (Å²) in [5.41, 5.74) is 4.61. The number of aromatic nitrogens is 1. The Morgan fingerprint density at radius 3 is 2.71 bits per heavy atom. The summed E-state index contributed by atoms with van der Waals surface area (Å²) in [7, 11) is 0. The molecule has 1 heterocycles. The summed E-state index contributed by atoms with van der Waals surface area (Å²) in [6.45, 7) is 0.550. The quantitative estimate of drug-likeness (QED) is 0.889. The Hall–Kier alpha value is -1.30. The fraction of sp³-hybridized carbons (Fsp3) is 0.545. The number of hydrogen-bond acceptors (Lipinski definition) is 3. The molecule has 0 amide bonds. The van der Waals surface area contributed by atoms with Crippen LogP contribution >= 0.6 is 0 Å². The van der Waals surface area contributed by atoms with Crippen LogP contribution in [0.2, 0.25) is 0 Å². The van der Waals surface area contributed by atoms with Crippen molar-refractivity contribution in [2.45, 2.75) is 25.1 Å². The van der Waals surface area contributed by atoms with Gasteiger partial charge in [-0.3, -0.25) is 0 Å². The number of nitrogens with zero attached hydrogens (tertiary/aromatic N) is 1. The minimum Gasteiger partial charge on any atom is -0.474 e. The predicted octanol–water partition coefficient (Wildman–Crippen LogP) is 2.22. The normalized spacial score (nSPS) is 24.2.